The zero-order valence-electron chi connectivity index (χ0n) is 30.7. The standard InChI is InChI=1S/C54H35N/c1-32-33(2)55(49-31-36-16-6-7-17-38(36)39-18-8-9-19-40(39)49)54-47-29-25-35-24-27-46(45-28-26-37(30-48(32)54)52(47)51(35)45)53-43-22-12-10-20-41(43)50(34-14-4-3-5-15-34)42-21-11-13-23-44(42)53/h3-31H,1-2H3. The van der Waals surface area contributed by atoms with Crippen LogP contribution in [0.15, 0.2) is 176 Å². The summed E-state index contributed by atoms with van der Waals surface area (Å²) in [6, 6.07) is 65.6. The molecule has 0 atom stereocenters. The first kappa shape index (κ1) is 30.5. The van der Waals surface area contributed by atoms with Crippen molar-refractivity contribution in [3.8, 4) is 27.9 Å². The lowest BCUT2D eigenvalue weighted by Gasteiger charge is -2.20. The molecule has 1 heteroatoms. The molecule has 0 bridgehead atoms. The highest BCUT2D eigenvalue weighted by Gasteiger charge is 2.23. The Hall–Kier alpha value is -6.96. The van der Waals surface area contributed by atoms with Crippen LogP contribution in [-0.2, 0) is 0 Å². The maximum atomic E-state index is 2.55. The molecule has 0 saturated heterocycles. The SMILES string of the molecule is Cc1c(C)n(-c2cc3ccccc3c3ccccc23)c2c1cc1ccc3c(-c4c5ccccc5c(-c5ccccc5)c5ccccc45)ccc4ccc2c1c43. The summed E-state index contributed by atoms with van der Waals surface area (Å²) < 4.78 is 2.55. The summed E-state index contributed by atoms with van der Waals surface area (Å²) in [6.07, 6.45) is 0. The van der Waals surface area contributed by atoms with E-state index in [-0.39, 0.29) is 0 Å². The zero-order valence-corrected chi connectivity index (χ0v) is 30.7. The molecule has 0 fully saturated rings. The molecular formula is C54H35N. The van der Waals surface area contributed by atoms with Crippen LogP contribution in [0.2, 0.25) is 0 Å². The summed E-state index contributed by atoms with van der Waals surface area (Å²) in [6.45, 7) is 4.59. The van der Waals surface area contributed by atoms with Gasteiger partial charge in [-0.25, -0.2) is 0 Å². The Labute approximate surface area is 318 Å². The van der Waals surface area contributed by atoms with Crippen molar-refractivity contribution in [3.63, 3.8) is 0 Å². The minimum Gasteiger partial charge on any atom is -0.312 e. The van der Waals surface area contributed by atoms with E-state index in [4.69, 9.17) is 0 Å². The third-order valence-electron chi connectivity index (χ3n) is 12.5. The van der Waals surface area contributed by atoms with E-state index in [1.807, 2.05) is 0 Å². The third-order valence-corrected chi connectivity index (χ3v) is 12.5. The molecule has 1 aromatic heterocycles. The second kappa shape index (κ2) is 11.3. The van der Waals surface area contributed by atoms with Crippen LogP contribution in [0.4, 0.5) is 0 Å². The Morgan fingerprint density at radius 3 is 1.62 bits per heavy atom. The number of fused-ring (bicyclic) bond motifs is 7. The molecule has 0 saturated carbocycles. The van der Waals surface area contributed by atoms with Crippen LogP contribution in [-0.4, -0.2) is 4.57 Å². The first-order valence-electron chi connectivity index (χ1n) is 19.3. The number of benzene rings is 11. The normalized spacial score (nSPS) is 12.2. The van der Waals surface area contributed by atoms with Gasteiger partial charge in [-0.2, -0.15) is 0 Å². The maximum absolute atomic E-state index is 2.55. The third kappa shape index (κ3) is 4.13. The second-order valence-corrected chi connectivity index (χ2v) is 15.2. The van der Waals surface area contributed by atoms with Crippen LogP contribution >= 0.6 is 0 Å². The van der Waals surface area contributed by atoms with Crippen molar-refractivity contribution in [2.75, 3.05) is 0 Å². The van der Waals surface area contributed by atoms with Crippen LogP contribution in [0.25, 0.3) is 114 Å². The smallest absolute Gasteiger partial charge is 0.0613 e. The molecule has 12 aromatic rings. The van der Waals surface area contributed by atoms with Crippen molar-refractivity contribution in [1.29, 1.82) is 0 Å². The number of rotatable bonds is 3. The van der Waals surface area contributed by atoms with Gasteiger partial charge >= 0.3 is 0 Å². The Morgan fingerprint density at radius 2 is 0.891 bits per heavy atom. The summed E-state index contributed by atoms with van der Waals surface area (Å²) in [5, 5.41) is 19.4. The van der Waals surface area contributed by atoms with Gasteiger partial charge in [0.1, 0.15) is 0 Å². The van der Waals surface area contributed by atoms with Crippen molar-refractivity contribution in [2.45, 2.75) is 13.8 Å². The molecule has 11 aromatic carbocycles. The fourth-order valence-electron chi connectivity index (χ4n) is 9.99. The lowest BCUT2D eigenvalue weighted by molar-refractivity contribution is 1.06. The van der Waals surface area contributed by atoms with Gasteiger partial charge in [-0.3, -0.25) is 0 Å². The van der Waals surface area contributed by atoms with E-state index in [1.165, 1.54) is 126 Å². The number of hydrogen-bond donors (Lipinski definition) is 0. The summed E-state index contributed by atoms with van der Waals surface area (Å²) in [4.78, 5) is 0. The summed E-state index contributed by atoms with van der Waals surface area (Å²) in [7, 11) is 0. The zero-order chi connectivity index (χ0) is 36.4. The number of nitrogens with zero attached hydrogens (tertiary/aromatic N) is 1. The molecular weight excluding hydrogens is 663 g/mol. The molecule has 1 heterocycles. The fraction of sp³-hybridized carbons (Fsp3) is 0.0370. The second-order valence-electron chi connectivity index (χ2n) is 15.2. The monoisotopic (exact) mass is 697 g/mol. The Morgan fingerprint density at radius 1 is 0.345 bits per heavy atom. The lowest BCUT2D eigenvalue weighted by Crippen LogP contribution is -1.99. The van der Waals surface area contributed by atoms with Gasteiger partial charge in [-0.05, 0) is 118 Å². The van der Waals surface area contributed by atoms with Gasteiger partial charge in [0.25, 0.3) is 0 Å². The summed E-state index contributed by atoms with van der Waals surface area (Å²) in [5.41, 5.74) is 10.2. The highest BCUT2D eigenvalue weighted by Crippen LogP contribution is 2.49. The maximum Gasteiger partial charge on any atom is 0.0613 e. The van der Waals surface area contributed by atoms with Crippen molar-refractivity contribution in [3.05, 3.63) is 187 Å². The first-order valence-corrected chi connectivity index (χ1v) is 19.3. The predicted molar refractivity (Wildman–Crippen MR) is 237 cm³/mol. The van der Waals surface area contributed by atoms with E-state index in [1.54, 1.807) is 0 Å². The van der Waals surface area contributed by atoms with E-state index < -0.39 is 0 Å². The van der Waals surface area contributed by atoms with Gasteiger partial charge in [0.05, 0.1) is 11.2 Å². The number of aromatic nitrogens is 1. The van der Waals surface area contributed by atoms with E-state index in [2.05, 4.69) is 194 Å². The van der Waals surface area contributed by atoms with E-state index >= 15 is 0 Å². The van der Waals surface area contributed by atoms with Crippen LogP contribution in [0, 0.1) is 13.8 Å². The van der Waals surface area contributed by atoms with Gasteiger partial charge in [-0.1, -0.05) is 164 Å². The van der Waals surface area contributed by atoms with Crippen LogP contribution in [0.5, 0.6) is 0 Å². The molecule has 0 unspecified atom stereocenters. The van der Waals surface area contributed by atoms with Crippen LogP contribution < -0.4 is 0 Å². The summed E-state index contributed by atoms with van der Waals surface area (Å²) >= 11 is 0. The average molecular weight is 698 g/mol. The minimum atomic E-state index is 1.23. The molecule has 55 heavy (non-hydrogen) atoms. The highest BCUT2D eigenvalue weighted by molar-refractivity contribution is 6.33. The molecule has 0 amide bonds. The molecule has 12 rings (SSSR count). The molecule has 1 nitrogen and oxygen atoms in total. The Balaban J connectivity index is 1.21. The van der Waals surface area contributed by atoms with E-state index in [9.17, 15) is 0 Å². The van der Waals surface area contributed by atoms with Gasteiger partial charge in [0.15, 0.2) is 0 Å². The molecule has 256 valence electrons. The van der Waals surface area contributed by atoms with Crippen LogP contribution in [0.3, 0.4) is 0 Å². The topological polar surface area (TPSA) is 4.93 Å². The largest absolute Gasteiger partial charge is 0.312 e. The van der Waals surface area contributed by atoms with Gasteiger partial charge in [0.2, 0.25) is 0 Å². The van der Waals surface area contributed by atoms with E-state index in [0.717, 1.165) is 0 Å². The molecule has 0 aliphatic heterocycles. The lowest BCUT2D eigenvalue weighted by atomic mass is 9.83. The predicted octanol–water partition coefficient (Wildman–Crippen LogP) is 15.1. The first-order chi connectivity index (χ1) is 27.2. The van der Waals surface area contributed by atoms with E-state index in [0.29, 0.717) is 0 Å². The fourth-order valence-corrected chi connectivity index (χ4v) is 9.99. The van der Waals surface area contributed by atoms with Crippen LogP contribution in [0.1, 0.15) is 11.3 Å². The quantitative estimate of drug-likeness (QED) is 0.128. The molecule has 0 spiro atoms. The molecule has 0 aliphatic rings. The Kier molecular flexibility index (Phi) is 6.25. The summed E-state index contributed by atoms with van der Waals surface area (Å²) in [5.74, 6) is 0. The number of hydrogen-bond acceptors (Lipinski definition) is 0. The minimum absolute atomic E-state index is 1.23. The van der Waals surface area contributed by atoms with Crippen molar-refractivity contribution >= 4 is 86.3 Å². The molecule has 0 N–H and O–H groups in total. The van der Waals surface area contributed by atoms with Crippen molar-refractivity contribution in [2.24, 2.45) is 0 Å². The van der Waals surface area contributed by atoms with Gasteiger partial charge in [0, 0.05) is 21.9 Å². The van der Waals surface area contributed by atoms with Crippen molar-refractivity contribution in [1.82, 2.24) is 4.57 Å². The van der Waals surface area contributed by atoms with Gasteiger partial charge in [-0.15, -0.1) is 0 Å². The van der Waals surface area contributed by atoms with Gasteiger partial charge < -0.3 is 4.57 Å². The molecule has 0 radical (unpaired) electrons. The molecule has 0 aliphatic carbocycles. The van der Waals surface area contributed by atoms with Crippen molar-refractivity contribution < 1.29 is 0 Å². The Bertz CT molecular complexity index is 3490. The average Bonchev–Trinajstić information content (AvgIpc) is 3.49. The highest BCUT2D eigenvalue weighted by atomic mass is 15.0. The number of aryl methyl sites for hydroxylation is 1.